The Morgan fingerprint density at radius 2 is 2.11 bits per heavy atom. The van der Waals surface area contributed by atoms with Crippen molar-refractivity contribution >= 4 is 11.8 Å². The topological polar surface area (TPSA) is 75.4 Å². The van der Waals surface area contributed by atoms with Crippen LogP contribution in [0.15, 0.2) is 0 Å². The second kappa shape index (κ2) is 4.53. The fourth-order valence-corrected chi connectivity index (χ4v) is 3.72. The number of amides is 2. The molecule has 5 nitrogen and oxygen atoms in total. The van der Waals surface area contributed by atoms with E-state index in [4.69, 9.17) is 5.73 Å². The predicted octanol–water partition coefficient (Wildman–Crippen LogP) is -0.149. The van der Waals surface area contributed by atoms with E-state index in [9.17, 15) is 9.59 Å². The zero-order valence-corrected chi connectivity index (χ0v) is 10.6. The molecule has 3 rings (SSSR count). The van der Waals surface area contributed by atoms with E-state index in [2.05, 4.69) is 5.32 Å². The Labute approximate surface area is 107 Å². The molecular formula is C13H21N3O2. The summed E-state index contributed by atoms with van der Waals surface area (Å²) in [6, 6.07) is -0.0337. The highest BCUT2D eigenvalue weighted by atomic mass is 16.2. The highest BCUT2D eigenvalue weighted by Crippen LogP contribution is 2.35. The van der Waals surface area contributed by atoms with E-state index in [1.807, 2.05) is 4.90 Å². The highest BCUT2D eigenvalue weighted by molar-refractivity contribution is 5.90. The molecule has 1 saturated carbocycles. The van der Waals surface area contributed by atoms with Crippen LogP contribution in [0.5, 0.6) is 0 Å². The molecule has 3 N–H and O–H groups in total. The summed E-state index contributed by atoms with van der Waals surface area (Å²) in [5, 5.41) is 2.76. The van der Waals surface area contributed by atoms with Gasteiger partial charge in [0.05, 0.1) is 0 Å². The number of carbonyl (C=O) groups excluding carboxylic acids is 2. The average molecular weight is 251 g/mol. The number of carbonyl (C=O) groups is 2. The third kappa shape index (κ3) is 2.00. The van der Waals surface area contributed by atoms with E-state index in [1.165, 1.54) is 12.8 Å². The SMILES string of the molecule is NC1CCCC2CN(C(=O)[C@@H]3CCC(=O)N3)CC12. The summed E-state index contributed by atoms with van der Waals surface area (Å²) < 4.78 is 0. The summed E-state index contributed by atoms with van der Waals surface area (Å²) in [4.78, 5) is 25.4. The van der Waals surface area contributed by atoms with E-state index in [-0.39, 0.29) is 23.9 Å². The van der Waals surface area contributed by atoms with Crippen molar-refractivity contribution in [1.82, 2.24) is 10.2 Å². The molecule has 2 amide bonds. The second-order valence-electron chi connectivity index (χ2n) is 5.92. The molecule has 0 aromatic carbocycles. The lowest BCUT2D eigenvalue weighted by Gasteiger charge is -2.29. The number of likely N-dealkylation sites (tertiary alicyclic amines) is 1. The van der Waals surface area contributed by atoms with E-state index < -0.39 is 0 Å². The molecule has 0 aromatic rings. The standard InChI is InChI=1S/C13H21N3O2/c14-10-3-1-2-8-6-16(7-9(8)10)13(18)11-4-5-12(17)15-11/h8-11H,1-7,14H2,(H,15,17)/t8?,9?,10?,11-/m0/s1. The van der Waals surface area contributed by atoms with Gasteiger partial charge in [-0.25, -0.2) is 0 Å². The summed E-state index contributed by atoms with van der Waals surface area (Å²) in [6.45, 7) is 1.63. The molecular weight excluding hydrogens is 230 g/mol. The van der Waals surface area contributed by atoms with Crippen LogP contribution in [0.2, 0.25) is 0 Å². The molecule has 0 radical (unpaired) electrons. The Kier molecular flexibility index (Phi) is 3.01. The first-order valence-corrected chi connectivity index (χ1v) is 6.99. The molecule has 0 aromatic heterocycles. The van der Waals surface area contributed by atoms with Gasteiger partial charge in [0.25, 0.3) is 0 Å². The number of fused-ring (bicyclic) bond motifs is 1. The largest absolute Gasteiger partial charge is 0.344 e. The van der Waals surface area contributed by atoms with Gasteiger partial charge in [-0.15, -0.1) is 0 Å². The minimum Gasteiger partial charge on any atom is -0.344 e. The lowest BCUT2D eigenvalue weighted by molar-refractivity contribution is -0.133. The molecule has 100 valence electrons. The number of nitrogens with two attached hydrogens (primary N) is 1. The van der Waals surface area contributed by atoms with E-state index >= 15 is 0 Å². The summed E-state index contributed by atoms with van der Waals surface area (Å²) in [6.07, 6.45) is 4.60. The average Bonchev–Trinajstić information content (AvgIpc) is 2.95. The first-order valence-electron chi connectivity index (χ1n) is 6.99. The van der Waals surface area contributed by atoms with Crippen molar-refractivity contribution in [2.24, 2.45) is 17.6 Å². The summed E-state index contributed by atoms with van der Waals surface area (Å²) in [5.41, 5.74) is 6.15. The van der Waals surface area contributed by atoms with Gasteiger partial charge in [0, 0.05) is 25.6 Å². The molecule has 2 heterocycles. The predicted molar refractivity (Wildman–Crippen MR) is 66.6 cm³/mol. The molecule has 4 atom stereocenters. The number of nitrogens with one attached hydrogen (secondary N) is 1. The highest BCUT2D eigenvalue weighted by Gasteiger charge is 2.42. The zero-order valence-electron chi connectivity index (χ0n) is 10.6. The number of hydrogen-bond donors (Lipinski definition) is 2. The van der Waals surface area contributed by atoms with Crippen molar-refractivity contribution in [3.8, 4) is 0 Å². The molecule has 3 aliphatic rings. The van der Waals surface area contributed by atoms with Crippen LogP contribution in [0, 0.1) is 11.8 Å². The fourth-order valence-electron chi connectivity index (χ4n) is 3.72. The summed E-state index contributed by atoms with van der Waals surface area (Å²) in [7, 11) is 0. The molecule has 2 aliphatic heterocycles. The maximum atomic E-state index is 12.3. The van der Waals surface area contributed by atoms with Gasteiger partial charge in [-0.1, -0.05) is 6.42 Å². The van der Waals surface area contributed by atoms with Gasteiger partial charge >= 0.3 is 0 Å². The van der Waals surface area contributed by atoms with Crippen LogP contribution in [0.3, 0.4) is 0 Å². The number of nitrogens with zero attached hydrogens (tertiary/aromatic N) is 1. The molecule has 3 unspecified atom stereocenters. The monoisotopic (exact) mass is 251 g/mol. The van der Waals surface area contributed by atoms with Crippen molar-refractivity contribution in [1.29, 1.82) is 0 Å². The first-order chi connectivity index (χ1) is 8.65. The molecule has 18 heavy (non-hydrogen) atoms. The smallest absolute Gasteiger partial charge is 0.245 e. The van der Waals surface area contributed by atoms with Crippen LogP contribution in [-0.2, 0) is 9.59 Å². The van der Waals surface area contributed by atoms with Crippen LogP contribution in [0.4, 0.5) is 0 Å². The summed E-state index contributed by atoms with van der Waals surface area (Å²) >= 11 is 0. The number of hydrogen-bond acceptors (Lipinski definition) is 3. The van der Waals surface area contributed by atoms with Crippen LogP contribution in [-0.4, -0.2) is 41.9 Å². The van der Waals surface area contributed by atoms with Gasteiger partial charge in [-0.05, 0) is 31.1 Å². The van der Waals surface area contributed by atoms with Gasteiger partial charge in [0.15, 0.2) is 0 Å². The minimum atomic E-state index is -0.283. The van der Waals surface area contributed by atoms with Crippen LogP contribution in [0.1, 0.15) is 32.1 Å². The Balaban J connectivity index is 1.64. The van der Waals surface area contributed by atoms with Crippen molar-refractivity contribution in [3.05, 3.63) is 0 Å². The van der Waals surface area contributed by atoms with E-state index in [0.29, 0.717) is 24.7 Å². The Morgan fingerprint density at radius 3 is 2.78 bits per heavy atom. The van der Waals surface area contributed by atoms with Crippen LogP contribution >= 0.6 is 0 Å². The molecule has 2 saturated heterocycles. The van der Waals surface area contributed by atoms with Crippen molar-refractivity contribution in [2.75, 3.05) is 13.1 Å². The zero-order chi connectivity index (χ0) is 12.7. The van der Waals surface area contributed by atoms with Gasteiger partial charge in [0.2, 0.25) is 11.8 Å². The first kappa shape index (κ1) is 12.0. The van der Waals surface area contributed by atoms with Crippen LogP contribution < -0.4 is 11.1 Å². The maximum Gasteiger partial charge on any atom is 0.245 e. The second-order valence-corrected chi connectivity index (χ2v) is 5.92. The van der Waals surface area contributed by atoms with Gasteiger partial charge in [0.1, 0.15) is 6.04 Å². The van der Waals surface area contributed by atoms with E-state index in [1.54, 1.807) is 0 Å². The maximum absolute atomic E-state index is 12.3. The van der Waals surface area contributed by atoms with Gasteiger partial charge in [-0.3, -0.25) is 9.59 Å². The lowest BCUT2D eigenvalue weighted by atomic mass is 9.78. The quantitative estimate of drug-likeness (QED) is 0.680. The van der Waals surface area contributed by atoms with Crippen molar-refractivity contribution < 1.29 is 9.59 Å². The molecule has 3 fully saturated rings. The van der Waals surface area contributed by atoms with Gasteiger partial charge < -0.3 is 16.0 Å². The van der Waals surface area contributed by atoms with Crippen LogP contribution in [0.25, 0.3) is 0 Å². The Hall–Kier alpha value is -1.10. The number of rotatable bonds is 1. The minimum absolute atomic E-state index is 0.00154. The molecule has 5 heteroatoms. The van der Waals surface area contributed by atoms with E-state index in [0.717, 1.165) is 19.5 Å². The fraction of sp³-hybridized carbons (Fsp3) is 0.846. The summed E-state index contributed by atoms with van der Waals surface area (Å²) in [5.74, 6) is 1.15. The van der Waals surface area contributed by atoms with Gasteiger partial charge in [-0.2, -0.15) is 0 Å². The molecule has 1 aliphatic carbocycles. The molecule has 0 bridgehead atoms. The Bertz CT molecular complexity index is 371. The van der Waals surface area contributed by atoms with Crippen molar-refractivity contribution in [3.63, 3.8) is 0 Å². The third-order valence-electron chi connectivity index (χ3n) is 4.76. The third-order valence-corrected chi connectivity index (χ3v) is 4.76. The Morgan fingerprint density at radius 1 is 1.28 bits per heavy atom. The lowest BCUT2D eigenvalue weighted by Crippen LogP contribution is -2.44. The molecule has 0 spiro atoms. The normalized spacial score (nSPS) is 39.6. The van der Waals surface area contributed by atoms with Crippen molar-refractivity contribution in [2.45, 2.75) is 44.2 Å².